The van der Waals surface area contributed by atoms with Gasteiger partial charge in [-0.3, -0.25) is 14.5 Å². The summed E-state index contributed by atoms with van der Waals surface area (Å²) in [5.41, 5.74) is 1.16. The first-order valence-electron chi connectivity index (χ1n) is 8.00. The summed E-state index contributed by atoms with van der Waals surface area (Å²) in [5, 5.41) is 25.0. The van der Waals surface area contributed by atoms with Crippen molar-refractivity contribution >= 4 is 59.4 Å². The van der Waals surface area contributed by atoms with E-state index in [9.17, 15) is 9.59 Å². The van der Waals surface area contributed by atoms with Gasteiger partial charge >= 0.3 is 7.32 Å². The zero-order valence-corrected chi connectivity index (χ0v) is 16.9. The number of rotatable bonds is 9. The molecule has 1 heterocycles. The summed E-state index contributed by atoms with van der Waals surface area (Å²) >= 11 is 13.4. The summed E-state index contributed by atoms with van der Waals surface area (Å²) in [4.78, 5) is 25.8. The average Bonchev–Trinajstić information content (AvgIpc) is 3.10. The lowest BCUT2D eigenvalue weighted by Gasteiger charge is -2.24. The smallest absolute Gasteiger partial charge is 0.402 e. The van der Waals surface area contributed by atoms with Crippen molar-refractivity contribution in [2.24, 2.45) is 0 Å². The highest BCUT2D eigenvalue weighted by atomic mass is 35.5. The molecule has 2 amide bonds. The first-order chi connectivity index (χ1) is 13.3. The fraction of sp³-hybridized carbons (Fsp3) is 0.176. The van der Waals surface area contributed by atoms with Crippen molar-refractivity contribution in [2.45, 2.75) is 12.6 Å². The second kappa shape index (κ2) is 10.6. The molecule has 0 saturated heterocycles. The van der Waals surface area contributed by atoms with Crippen LogP contribution >= 0.6 is 34.5 Å². The molecule has 0 spiro atoms. The minimum atomic E-state index is -2.07. The monoisotopic (exact) mass is 442 g/mol. The second-order valence-corrected chi connectivity index (χ2v) is 7.26. The van der Waals surface area contributed by atoms with Crippen LogP contribution in [0, 0.1) is 0 Å². The van der Waals surface area contributed by atoms with Gasteiger partial charge in [0.15, 0.2) is 0 Å². The molecule has 11 heteroatoms. The van der Waals surface area contributed by atoms with E-state index in [4.69, 9.17) is 37.9 Å². The number of nitrogens with one attached hydrogen (secondary N) is 1. The number of carbonyl (C=O) groups excluding carboxylic acids is 2. The van der Waals surface area contributed by atoms with Crippen LogP contribution in [-0.2, 0) is 20.7 Å². The second-order valence-electron chi connectivity index (χ2n) is 5.61. The molecule has 28 heavy (non-hydrogen) atoms. The maximum absolute atomic E-state index is 12.5. The Morgan fingerprint density at radius 2 is 2.00 bits per heavy atom. The third-order valence-electron chi connectivity index (χ3n) is 3.51. The van der Waals surface area contributed by atoms with Gasteiger partial charge in [-0.25, -0.2) is 0 Å². The molecular formula is C17H17BCl2N2O5S. The van der Waals surface area contributed by atoms with Gasteiger partial charge < -0.3 is 20.0 Å². The molecule has 0 fully saturated rings. The molecule has 0 aliphatic carbocycles. The standard InChI is InChI=1S/C17H17BCl2N2O5S/c1-2-17(24)22(14-7-12(19)6-13(20)8-14)9-15(23)21-16(27-18(25)26)5-11-3-4-28-10-11/h2-4,6-8,10,16,25-26H,1,5,9H2,(H,21,23)/t16-/m1/s1. The Hall–Kier alpha value is -1.88. The Kier molecular flexibility index (Phi) is 8.49. The van der Waals surface area contributed by atoms with Crippen LogP contribution in [0.4, 0.5) is 5.69 Å². The first-order valence-corrected chi connectivity index (χ1v) is 9.70. The minimum absolute atomic E-state index is 0.214. The van der Waals surface area contributed by atoms with Gasteiger partial charge in [0.1, 0.15) is 12.8 Å². The number of thiophene rings is 1. The molecule has 1 atom stereocenters. The van der Waals surface area contributed by atoms with Crippen LogP contribution in [0.1, 0.15) is 5.56 Å². The topological polar surface area (TPSA) is 99.1 Å². The minimum Gasteiger partial charge on any atom is -0.402 e. The van der Waals surface area contributed by atoms with Gasteiger partial charge in [-0.05, 0) is 46.7 Å². The van der Waals surface area contributed by atoms with Crippen molar-refractivity contribution < 1.29 is 24.3 Å². The summed E-state index contributed by atoms with van der Waals surface area (Å²) in [6.07, 6.45) is 0.259. The zero-order chi connectivity index (χ0) is 20.7. The molecule has 3 N–H and O–H groups in total. The molecule has 7 nitrogen and oxygen atoms in total. The van der Waals surface area contributed by atoms with Gasteiger partial charge in [-0.1, -0.05) is 29.8 Å². The van der Waals surface area contributed by atoms with Crippen LogP contribution in [0.2, 0.25) is 10.0 Å². The van der Waals surface area contributed by atoms with Crippen molar-refractivity contribution in [3.8, 4) is 0 Å². The lowest BCUT2D eigenvalue weighted by atomic mass is 10.2. The van der Waals surface area contributed by atoms with Crippen LogP contribution in [0.5, 0.6) is 0 Å². The number of halogens is 2. The predicted molar refractivity (Wildman–Crippen MR) is 110 cm³/mol. The largest absolute Gasteiger partial charge is 0.635 e. The van der Waals surface area contributed by atoms with Crippen molar-refractivity contribution in [2.75, 3.05) is 11.4 Å². The third-order valence-corrected chi connectivity index (χ3v) is 4.68. The van der Waals surface area contributed by atoms with Crippen LogP contribution in [0.3, 0.4) is 0 Å². The average molecular weight is 443 g/mol. The fourth-order valence-electron chi connectivity index (χ4n) is 2.37. The number of hydrogen-bond acceptors (Lipinski definition) is 6. The van der Waals surface area contributed by atoms with E-state index >= 15 is 0 Å². The van der Waals surface area contributed by atoms with Gasteiger partial charge in [0.05, 0.1) is 0 Å². The Labute approximate surface area is 176 Å². The molecule has 2 aromatic rings. The highest BCUT2D eigenvalue weighted by Gasteiger charge is 2.23. The van der Waals surface area contributed by atoms with Crippen LogP contribution in [-0.4, -0.2) is 42.0 Å². The Morgan fingerprint density at radius 3 is 2.54 bits per heavy atom. The number of nitrogens with zero attached hydrogens (tertiary/aromatic N) is 1. The van der Waals surface area contributed by atoms with Crippen LogP contribution in [0.15, 0.2) is 47.7 Å². The summed E-state index contributed by atoms with van der Waals surface area (Å²) in [7, 11) is -2.07. The highest BCUT2D eigenvalue weighted by Crippen LogP contribution is 2.25. The van der Waals surface area contributed by atoms with E-state index in [1.807, 2.05) is 16.8 Å². The van der Waals surface area contributed by atoms with E-state index < -0.39 is 25.4 Å². The molecule has 0 bridgehead atoms. The molecule has 0 saturated carbocycles. The molecule has 2 rings (SSSR count). The van der Waals surface area contributed by atoms with E-state index in [0.29, 0.717) is 15.7 Å². The number of carbonyl (C=O) groups is 2. The predicted octanol–water partition coefficient (Wildman–Crippen LogP) is 2.24. The molecule has 0 radical (unpaired) electrons. The van der Waals surface area contributed by atoms with Crippen molar-refractivity contribution in [1.82, 2.24) is 5.32 Å². The summed E-state index contributed by atoms with van der Waals surface area (Å²) in [5.74, 6) is -1.13. The van der Waals surface area contributed by atoms with Gasteiger partial charge in [-0.2, -0.15) is 11.3 Å². The zero-order valence-electron chi connectivity index (χ0n) is 14.5. The van der Waals surface area contributed by atoms with Gasteiger partial charge in [0, 0.05) is 22.2 Å². The molecule has 0 aliphatic heterocycles. The quantitative estimate of drug-likeness (QED) is 0.314. The van der Waals surface area contributed by atoms with Gasteiger partial charge in [0.2, 0.25) is 5.91 Å². The molecule has 0 aliphatic rings. The Morgan fingerprint density at radius 1 is 1.32 bits per heavy atom. The molecule has 148 valence electrons. The maximum Gasteiger partial charge on any atom is 0.635 e. The Balaban J connectivity index is 2.14. The number of benzene rings is 1. The SMILES string of the molecule is C=CC(=O)N(CC(=O)N[C@@H](Cc1ccsc1)OB(O)O)c1cc(Cl)cc(Cl)c1. The van der Waals surface area contributed by atoms with E-state index in [2.05, 4.69) is 11.9 Å². The normalized spacial score (nSPS) is 11.6. The number of anilines is 1. The van der Waals surface area contributed by atoms with Crippen molar-refractivity contribution in [3.05, 3.63) is 63.3 Å². The molecule has 1 aromatic carbocycles. The van der Waals surface area contributed by atoms with Gasteiger partial charge in [0.25, 0.3) is 5.91 Å². The maximum atomic E-state index is 12.5. The van der Waals surface area contributed by atoms with E-state index in [-0.39, 0.29) is 13.0 Å². The summed E-state index contributed by atoms with van der Waals surface area (Å²) in [6, 6.07) is 6.28. The lowest BCUT2D eigenvalue weighted by Crippen LogP contribution is -2.47. The van der Waals surface area contributed by atoms with Crippen molar-refractivity contribution in [1.29, 1.82) is 0 Å². The van der Waals surface area contributed by atoms with E-state index in [1.54, 1.807) is 0 Å². The van der Waals surface area contributed by atoms with Crippen molar-refractivity contribution in [3.63, 3.8) is 0 Å². The lowest BCUT2D eigenvalue weighted by molar-refractivity contribution is -0.124. The third kappa shape index (κ3) is 6.94. The molecule has 0 unspecified atom stereocenters. The number of amides is 2. The summed E-state index contributed by atoms with van der Waals surface area (Å²) in [6.45, 7) is 3.05. The molecular weight excluding hydrogens is 426 g/mol. The van der Waals surface area contributed by atoms with Gasteiger partial charge in [-0.15, -0.1) is 0 Å². The van der Waals surface area contributed by atoms with Crippen LogP contribution in [0.25, 0.3) is 0 Å². The molecule has 1 aromatic heterocycles. The summed E-state index contributed by atoms with van der Waals surface area (Å²) < 4.78 is 4.92. The van der Waals surface area contributed by atoms with E-state index in [0.717, 1.165) is 16.5 Å². The van der Waals surface area contributed by atoms with E-state index in [1.165, 1.54) is 29.5 Å². The number of hydrogen-bond donors (Lipinski definition) is 3. The van der Waals surface area contributed by atoms with Crippen LogP contribution < -0.4 is 10.2 Å². The first kappa shape index (κ1) is 22.4. The Bertz CT molecular complexity index is 815. The highest BCUT2D eigenvalue weighted by molar-refractivity contribution is 7.07. The fourth-order valence-corrected chi connectivity index (χ4v) is 3.57.